The van der Waals surface area contributed by atoms with Crippen molar-refractivity contribution >= 4 is 29.0 Å². The van der Waals surface area contributed by atoms with Crippen LogP contribution in [-0.2, 0) is 16.1 Å². The molecule has 2 heterocycles. The molecule has 1 fully saturated rings. The molecule has 1 aliphatic rings. The first-order chi connectivity index (χ1) is 10.2. The van der Waals surface area contributed by atoms with E-state index in [4.69, 9.17) is 10.5 Å². The van der Waals surface area contributed by atoms with E-state index < -0.39 is 6.04 Å². The summed E-state index contributed by atoms with van der Waals surface area (Å²) in [5.41, 5.74) is 6.07. The molecule has 0 spiro atoms. The average Bonchev–Trinajstić information content (AvgIpc) is 3.16. The van der Waals surface area contributed by atoms with E-state index in [-0.39, 0.29) is 12.0 Å². The van der Waals surface area contributed by atoms with Crippen LogP contribution in [-0.4, -0.2) is 48.1 Å². The number of hydrogen-bond acceptors (Lipinski definition) is 5. The van der Waals surface area contributed by atoms with E-state index in [1.165, 1.54) is 4.88 Å². The summed E-state index contributed by atoms with van der Waals surface area (Å²) in [5, 5.41) is 2.04. The van der Waals surface area contributed by atoms with Gasteiger partial charge in [-0.15, -0.1) is 11.3 Å². The third-order valence-electron chi connectivity index (χ3n) is 3.64. The Morgan fingerprint density at radius 1 is 1.67 bits per heavy atom. The summed E-state index contributed by atoms with van der Waals surface area (Å²) in [6.07, 6.45) is 5.06. The second kappa shape index (κ2) is 8.78. The first-order valence-electron chi connectivity index (χ1n) is 7.38. The van der Waals surface area contributed by atoms with Gasteiger partial charge in [-0.2, -0.15) is 11.8 Å². The third-order valence-corrected chi connectivity index (χ3v) is 5.14. The largest absolute Gasteiger partial charge is 0.376 e. The number of rotatable bonds is 8. The van der Waals surface area contributed by atoms with E-state index >= 15 is 0 Å². The molecule has 0 bridgehead atoms. The van der Waals surface area contributed by atoms with Gasteiger partial charge in [-0.25, -0.2) is 0 Å². The lowest BCUT2D eigenvalue weighted by Crippen LogP contribution is -2.46. The fourth-order valence-corrected chi connectivity index (χ4v) is 3.67. The molecule has 0 aliphatic carbocycles. The molecular formula is C15H24N2O2S2. The topological polar surface area (TPSA) is 55.6 Å². The highest BCUT2D eigenvalue weighted by Crippen LogP contribution is 2.18. The first-order valence-corrected chi connectivity index (χ1v) is 9.65. The van der Waals surface area contributed by atoms with E-state index in [9.17, 15) is 4.79 Å². The average molecular weight is 329 g/mol. The molecule has 1 amide bonds. The number of nitrogens with two attached hydrogens (primary N) is 1. The van der Waals surface area contributed by atoms with Crippen molar-refractivity contribution in [1.29, 1.82) is 0 Å². The Labute approximate surface area is 135 Å². The molecule has 1 saturated heterocycles. The molecule has 1 aromatic rings. The van der Waals surface area contributed by atoms with Gasteiger partial charge in [0.2, 0.25) is 5.91 Å². The van der Waals surface area contributed by atoms with E-state index in [0.717, 1.165) is 31.6 Å². The molecule has 4 nitrogen and oxygen atoms in total. The fraction of sp³-hybridized carbons (Fsp3) is 0.667. The van der Waals surface area contributed by atoms with Gasteiger partial charge in [0, 0.05) is 18.0 Å². The lowest BCUT2D eigenvalue weighted by atomic mass is 10.1. The minimum absolute atomic E-state index is 0.0490. The van der Waals surface area contributed by atoms with E-state index in [1.54, 1.807) is 23.1 Å². The molecule has 118 valence electrons. The minimum Gasteiger partial charge on any atom is -0.376 e. The molecule has 21 heavy (non-hydrogen) atoms. The summed E-state index contributed by atoms with van der Waals surface area (Å²) in [4.78, 5) is 15.7. The standard InChI is InChI=1S/C15H24N2O2S2/c1-20-9-6-14(16)15(18)17(10-12-4-2-7-19-12)11-13-5-3-8-21-13/h3,5,8,12,14H,2,4,6-7,9-11,16H2,1H3/t12?,14-/m0/s1. The summed E-state index contributed by atoms with van der Waals surface area (Å²) in [6, 6.07) is 3.68. The van der Waals surface area contributed by atoms with Crippen LogP contribution in [0.2, 0.25) is 0 Å². The summed E-state index contributed by atoms with van der Waals surface area (Å²) >= 11 is 3.40. The van der Waals surface area contributed by atoms with Crippen LogP contribution in [0.5, 0.6) is 0 Å². The Morgan fingerprint density at radius 3 is 3.14 bits per heavy atom. The Kier molecular flexibility index (Phi) is 7.03. The second-order valence-corrected chi connectivity index (χ2v) is 7.34. The quantitative estimate of drug-likeness (QED) is 0.796. The van der Waals surface area contributed by atoms with Gasteiger partial charge in [0.1, 0.15) is 0 Å². The number of thiophene rings is 1. The normalized spacial score (nSPS) is 19.6. The predicted octanol–water partition coefficient (Wildman–Crippen LogP) is 2.34. The zero-order chi connectivity index (χ0) is 15.1. The predicted molar refractivity (Wildman–Crippen MR) is 89.7 cm³/mol. The van der Waals surface area contributed by atoms with E-state index in [2.05, 4.69) is 6.07 Å². The third kappa shape index (κ3) is 5.29. The lowest BCUT2D eigenvalue weighted by molar-refractivity contribution is -0.134. The van der Waals surface area contributed by atoms with Gasteiger partial charge in [-0.1, -0.05) is 6.07 Å². The molecule has 1 unspecified atom stereocenters. The van der Waals surface area contributed by atoms with Crippen LogP contribution in [0.3, 0.4) is 0 Å². The van der Waals surface area contributed by atoms with Crippen molar-refractivity contribution in [3.8, 4) is 0 Å². The molecule has 0 aromatic carbocycles. The fourth-order valence-electron chi connectivity index (χ4n) is 2.46. The van der Waals surface area contributed by atoms with Gasteiger partial charge >= 0.3 is 0 Å². The molecule has 2 N–H and O–H groups in total. The minimum atomic E-state index is -0.404. The van der Waals surface area contributed by atoms with Crippen LogP contribution in [0, 0.1) is 0 Å². The molecule has 2 rings (SSSR count). The zero-order valence-corrected chi connectivity index (χ0v) is 14.1. The van der Waals surface area contributed by atoms with Crippen molar-refractivity contribution < 1.29 is 9.53 Å². The number of hydrogen-bond donors (Lipinski definition) is 1. The van der Waals surface area contributed by atoms with Crippen LogP contribution < -0.4 is 5.73 Å². The first kappa shape index (κ1) is 16.8. The Morgan fingerprint density at radius 2 is 2.52 bits per heavy atom. The summed E-state index contributed by atoms with van der Waals surface area (Å²) in [7, 11) is 0. The van der Waals surface area contributed by atoms with Crippen LogP contribution in [0.15, 0.2) is 17.5 Å². The summed E-state index contributed by atoms with van der Waals surface area (Å²) in [6.45, 7) is 2.11. The van der Waals surface area contributed by atoms with Crippen LogP contribution >= 0.6 is 23.1 Å². The van der Waals surface area contributed by atoms with Gasteiger partial charge in [0.05, 0.1) is 18.7 Å². The van der Waals surface area contributed by atoms with Crippen molar-refractivity contribution in [2.75, 3.05) is 25.2 Å². The Hall–Kier alpha value is -0.560. The smallest absolute Gasteiger partial charge is 0.239 e. The molecular weight excluding hydrogens is 304 g/mol. The molecule has 1 aromatic heterocycles. The molecule has 1 aliphatic heterocycles. The van der Waals surface area contributed by atoms with Gasteiger partial charge < -0.3 is 15.4 Å². The van der Waals surface area contributed by atoms with Gasteiger partial charge in [0.25, 0.3) is 0 Å². The van der Waals surface area contributed by atoms with Gasteiger partial charge in [-0.3, -0.25) is 4.79 Å². The highest BCUT2D eigenvalue weighted by atomic mass is 32.2. The number of ether oxygens (including phenoxy) is 1. The number of thioether (sulfide) groups is 1. The summed E-state index contributed by atoms with van der Waals surface area (Å²) < 4.78 is 5.68. The molecule has 6 heteroatoms. The van der Waals surface area contributed by atoms with E-state index in [0.29, 0.717) is 13.1 Å². The van der Waals surface area contributed by atoms with Crippen molar-refractivity contribution in [1.82, 2.24) is 4.90 Å². The van der Waals surface area contributed by atoms with Crippen LogP contribution in [0.4, 0.5) is 0 Å². The summed E-state index contributed by atoms with van der Waals surface area (Å²) in [5.74, 6) is 0.965. The Balaban J connectivity index is 1.97. The molecule has 2 atom stereocenters. The number of nitrogens with zero attached hydrogens (tertiary/aromatic N) is 1. The monoisotopic (exact) mass is 328 g/mol. The van der Waals surface area contributed by atoms with E-state index in [1.807, 2.05) is 22.6 Å². The van der Waals surface area contributed by atoms with Crippen molar-refractivity contribution in [3.05, 3.63) is 22.4 Å². The number of amides is 1. The second-order valence-electron chi connectivity index (χ2n) is 5.32. The Bertz CT molecular complexity index is 419. The maximum absolute atomic E-state index is 12.6. The zero-order valence-electron chi connectivity index (χ0n) is 12.5. The van der Waals surface area contributed by atoms with Crippen LogP contribution in [0.1, 0.15) is 24.1 Å². The highest BCUT2D eigenvalue weighted by Gasteiger charge is 2.26. The number of carbonyl (C=O) groups is 1. The van der Waals surface area contributed by atoms with Crippen LogP contribution in [0.25, 0.3) is 0 Å². The maximum atomic E-state index is 12.6. The highest BCUT2D eigenvalue weighted by molar-refractivity contribution is 7.98. The van der Waals surface area contributed by atoms with Crippen molar-refractivity contribution in [2.45, 2.75) is 38.0 Å². The SMILES string of the molecule is CSCC[C@H](N)C(=O)N(Cc1cccs1)CC1CCCO1. The maximum Gasteiger partial charge on any atom is 0.239 e. The lowest BCUT2D eigenvalue weighted by Gasteiger charge is -2.27. The molecule has 0 saturated carbocycles. The van der Waals surface area contributed by atoms with Crippen molar-refractivity contribution in [2.24, 2.45) is 5.73 Å². The van der Waals surface area contributed by atoms with Gasteiger partial charge in [0.15, 0.2) is 0 Å². The number of carbonyl (C=O) groups excluding carboxylic acids is 1. The molecule has 0 radical (unpaired) electrons. The van der Waals surface area contributed by atoms with Gasteiger partial charge in [-0.05, 0) is 42.7 Å². The van der Waals surface area contributed by atoms with Crippen molar-refractivity contribution in [3.63, 3.8) is 0 Å².